The van der Waals surface area contributed by atoms with Gasteiger partial charge in [-0.3, -0.25) is 4.79 Å². The molecule has 0 aromatic carbocycles. The van der Waals surface area contributed by atoms with Crippen LogP contribution in [-0.2, 0) is 11.2 Å². The summed E-state index contributed by atoms with van der Waals surface area (Å²) in [5, 5.41) is 2.68. The van der Waals surface area contributed by atoms with Gasteiger partial charge in [0.2, 0.25) is 11.9 Å². The van der Waals surface area contributed by atoms with Crippen molar-refractivity contribution in [2.75, 3.05) is 24.3 Å². The molecule has 2 heterocycles. The Morgan fingerprint density at radius 3 is 2.33 bits per heavy atom. The van der Waals surface area contributed by atoms with Gasteiger partial charge in [-0.15, -0.1) is 0 Å². The minimum absolute atomic E-state index is 0.196. The summed E-state index contributed by atoms with van der Waals surface area (Å²) < 4.78 is 12.6. The Morgan fingerprint density at radius 2 is 1.76 bits per heavy atom. The van der Waals surface area contributed by atoms with Crippen molar-refractivity contribution in [2.24, 2.45) is 0 Å². The van der Waals surface area contributed by atoms with Gasteiger partial charge in [-0.1, -0.05) is 0 Å². The molecule has 1 N–H and O–H groups in total. The number of hydrogen-bond donors (Lipinski definition) is 1. The Balaban J connectivity index is 1.85. The third-order valence-corrected chi connectivity index (χ3v) is 2.57. The molecule has 8 heteroatoms. The second kappa shape index (κ2) is 6.69. The van der Waals surface area contributed by atoms with Crippen LogP contribution in [0.1, 0.15) is 12.2 Å². The standard InChI is InChI=1S/C13H15FN6O/c1-20(2)13-17-7-10(8-18-13)19-12(21)4-3-11-15-5-9(14)6-16-11/h5-8H,3-4H2,1-2H3,(H,19,21). The smallest absolute Gasteiger partial charge is 0.224 e. The molecular weight excluding hydrogens is 275 g/mol. The number of aryl methyl sites for hydroxylation is 1. The van der Waals surface area contributed by atoms with Crippen molar-refractivity contribution in [3.8, 4) is 0 Å². The van der Waals surface area contributed by atoms with Crippen LogP contribution in [-0.4, -0.2) is 39.9 Å². The molecule has 21 heavy (non-hydrogen) atoms. The Bertz CT molecular complexity index is 599. The molecule has 1 amide bonds. The summed E-state index contributed by atoms with van der Waals surface area (Å²) in [7, 11) is 3.66. The molecule has 110 valence electrons. The van der Waals surface area contributed by atoms with Crippen LogP contribution in [0.15, 0.2) is 24.8 Å². The predicted octanol–water partition coefficient (Wildman–Crippen LogP) is 1.04. The Morgan fingerprint density at radius 1 is 1.14 bits per heavy atom. The first-order chi connectivity index (χ1) is 10.0. The summed E-state index contributed by atoms with van der Waals surface area (Å²) >= 11 is 0. The lowest BCUT2D eigenvalue weighted by Gasteiger charge is -2.10. The van der Waals surface area contributed by atoms with Crippen LogP contribution in [0.5, 0.6) is 0 Å². The van der Waals surface area contributed by atoms with Gasteiger partial charge in [0.15, 0.2) is 5.82 Å². The van der Waals surface area contributed by atoms with E-state index in [9.17, 15) is 9.18 Å². The lowest BCUT2D eigenvalue weighted by molar-refractivity contribution is -0.116. The van der Waals surface area contributed by atoms with Crippen LogP contribution < -0.4 is 10.2 Å². The second-order valence-corrected chi connectivity index (χ2v) is 4.53. The van der Waals surface area contributed by atoms with Crippen molar-refractivity contribution < 1.29 is 9.18 Å². The Hall–Kier alpha value is -2.64. The zero-order valence-electron chi connectivity index (χ0n) is 11.7. The van der Waals surface area contributed by atoms with Crippen molar-refractivity contribution in [1.29, 1.82) is 0 Å². The first-order valence-electron chi connectivity index (χ1n) is 6.30. The van der Waals surface area contributed by atoms with Crippen LogP contribution in [0.25, 0.3) is 0 Å². The molecule has 0 fully saturated rings. The van der Waals surface area contributed by atoms with Gasteiger partial charge in [0.05, 0.1) is 30.5 Å². The van der Waals surface area contributed by atoms with Gasteiger partial charge in [-0.2, -0.15) is 0 Å². The minimum Gasteiger partial charge on any atom is -0.347 e. The summed E-state index contributed by atoms with van der Waals surface area (Å²) in [4.78, 5) is 29.3. The summed E-state index contributed by atoms with van der Waals surface area (Å²) in [6.45, 7) is 0. The van der Waals surface area contributed by atoms with E-state index in [1.54, 1.807) is 4.90 Å². The fourth-order valence-electron chi connectivity index (χ4n) is 1.53. The highest BCUT2D eigenvalue weighted by atomic mass is 19.1. The number of anilines is 2. The van der Waals surface area contributed by atoms with Gasteiger partial charge in [0, 0.05) is 26.9 Å². The number of carbonyl (C=O) groups excluding carboxylic acids is 1. The lowest BCUT2D eigenvalue weighted by atomic mass is 10.2. The summed E-state index contributed by atoms with van der Waals surface area (Å²) in [6.07, 6.45) is 5.76. The zero-order chi connectivity index (χ0) is 15.2. The molecule has 0 spiro atoms. The van der Waals surface area contributed by atoms with E-state index < -0.39 is 5.82 Å². The number of rotatable bonds is 5. The zero-order valence-corrected chi connectivity index (χ0v) is 11.7. The number of nitrogens with one attached hydrogen (secondary N) is 1. The van der Waals surface area contributed by atoms with E-state index in [0.717, 1.165) is 12.4 Å². The Kier molecular flexibility index (Phi) is 4.70. The van der Waals surface area contributed by atoms with E-state index in [1.807, 2.05) is 14.1 Å². The van der Waals surface area contributed by atoms with Gasteiger partial charge >= 0.3 is 0 Å². The summed E-state index contributed by atoms with van der Waals surface area (Å²) in [5.41, 5.74) is 0.519. The van der Waals surface area contributed by atoms with Crippen molar-refractivity contribution >= 4 is 17.5 Å². The third-order valence-electron chi connectivity index (χ3n) is 2.57. The van der Waals surface area contributed by atoms with Crippen LogP contribution in [0.2, 0.25) is 0 Å². The number of hydrogen-bond acceptors (Lipinski definition) is 6. The average molecular weight is 290 g/mol. The van der Waals surface area contributed by atoms with Gasteiger partial charge in [-0.05, 0) is 0 Å². The average Bonchev–Trinajstić information content (AvgIpc) is 2.47. The maximum atomic E-state index is 12.6. The number of halogens is 1. The predicted molar refractivity (Wildman–Crippen MR) is 75.3 cm³/mol. The van der Waals surface area contributed by atoms with Gasteiger partial charge in [-0.25, -0.2) is 24.3 Å². The lowest BCUT2D eigenvalue weighted by Crippen LogP contribution is -2.15. The first-order valence-corrected chi connectivity index (χ1v) is 6.30. The molecule has 7 nitrogen and oxygen atoms in total. The number of nitrogens with zero attached hydrogens (tertiary/aromatic N) is 5. The molecule has 2 rings (SSSR count). The maximum absolute atomic E-state index is 12.6. The molecule has 0 aliphatic heterocycles. The van der Waals surface area contributed by atoms with E-state index in [0.29, 0.717) is 23.9 Å². The van der Waals surface area contributed by atoms with Gasteiger partial charge in [0.1, 0.15) is 5.82 Å². The van der Waals surface area contributed by atoms with Gasteiger partial charge in [0.25, 0.3) is 0 Å². The maximum Gasteiger partial charge on any atom is 0.224 e. The van der Waals surface area contributed by atoms with E-state index in [1.165, 1.54) is 12.4 Å². The van der Waals surface area contributed by atoms with E-state index in [-0.39, 0.29) is 12.3 Å². The monoisotopic (exact) mass is 290 g/mol. The van der Waals surface area contributed by atoms with Crippen molar-refractivity contribution in [2.45, 2.75) is 12.8 Å². The van der Waals surface area contributed by atoms with E-state index in [2.05, 4.69) is 25.3 Å². The molecule has 0 aliphatic carbocycles. The second-order valence-electron chi connectivity index (χ2n) is 4.53. The molecule has 0 saturated carbocycles. The van der Waals surface area contributed by atoms with Gasteiger partial charge < -0.3 is 10.2 Å². The molecule has 0 bridgehead atoms. The normalized spacial score (nSPS) is 10.2. The number of amides is 1. The van der Waals surface area contributed by atoms with Crippen molar-refractivity contribution in [3.05, 3.63) is 36.4 Å². The van der Waals surface area contributed by atoms with Crippen LogP contribution in [0.4, 0.5) is 16.0 Å². The number of aromatic nitrogens is 4. The molecule has 2 aromatic rings. The SMILES string of the molecule is CN(C)c1ncc(NC(=O)CCc2ncc(F)cn2)cn1. The minimum atomic E-state index is -0.499. The van der Waals surface area contributed by atoms with Crippen molar-refractivity contribution in [3.63, 3.8) is 0 Å². The van der Waals surface area contributed by atoms with Crippen LogP contribution in [0.3, 0.4) is 0 Å². The first kappa shape index (κ1) is 14.8. The highest BCUT2D eigenvalue weighted by Gasteiger charge is 2.06. The third kappa shape index (κ3) is 4.44. The quantitative estimate of drug-likeness (QED) is 0.886. The molecule has 0 saturated heterocycles. The highest BCUT2D eigenvalue weighted by molar-refractivity contribution is 5.90. The Labute approximate surface area is 121 Å². The highest BCUT2D eigenvalue weighted by Crippen LogP contribution is 2.08. The van der Waals surface area contributed by atoms with E-state index >= 15 is 0 Å². The molecule has 0 atom stereocenters. The van der Waals surface area contributed by atoms with Crippen molar-refractivity contribution in [1.82, 2.24) is 19.9 Å². The molecular formula is C13H15FN6O. The van der Waals surface area contributed by atoms with Crippen LogP contribution >= 0.6 is 0 Å². The van der Waals surface area contributed by atoms with Crippen LogP contribution in [0, 0.1) is 5.82 Å². The molecule has 0 aliphatic rings. The molecule has 0 unspecified atom stereocenters. The van der Waals surface area contributed by atoms with E-state index in [4.69, 9.17) is 0 Å². The largest absolute Gasteiger partial charge is 0.347 e. The number of carbonyl (C=O) groups is 1. The molecule has 2 aromatic heterocycles. The fraction of sp³-hybridized carbons (Fsp3) is 0.308. The molecule has 0 radical (unpaired) electrons. The summed E-state index contributed by atoms with van der Waals surface area (Å²) in [5.74, 6) is 0.281. The summed E-state index contributed by atoms with van der Waals surface area (Å²) in [6, 6.07) is 0. The topological polar surface area (TPSA) is 83.9 Å². The fourth-order valence-corrected chi connectivity index (χ4v) is 1.53.